The maximum absolute atomic E-state index is 14.0. The summed E-state index contributed by atoms with van der Waals surface area (Å²) < 4.78 is 89.9. The van der Waals surface area contributed by atoms with Gasteiger partial charge in [-0.15, -0.1) is 0 Å². The van der Waals surface area contributed by atoms with Crippen LogP contribution in [0.4, 0.5) is 26.3 Å². The number of nitrogens with zero attached hydrogens (tertiary/aromatic N) is 3. The van der Waals surface area contributed by atoms with E-state index in [0.717, 1.165) is 12.8 Å². The minimum atomic E-state index is -5.08. The molecule has 4 aromatic rings. The quantitative estimate of drug-likeness (QED) is 0.209. The van der Waals surface area contributed by atoms with E-state index in [9.17, 15) is 31.4 Å². The van der Waals surface area contributed by atoms with Crippen LogP contribution >= 0.6 is 0 Å². The van der Waals surface area contributed by atoms with Gasteiger partial charge in [-0.25, -0.2) is 4.79 Å². The number of halogens is 6. The SMILES string of the molecule is O=C(O)C(F)(F)F.OC1c2ccc(-c3noc(-c4onc(-c5ccccc5)c4C(F)(F)F)n3)cc2OCC1NC1CCCCC1. The van der Waals surface area contributed by atoms with Gasteiger partial charge in [0.05, 0.1) is 6.04 Å². The molecule has 16 heteroatoms. The minimum absolute atomic E-state index is 0.0501. The second kappa shape index (κ2) is 12.9. The molecule has 0 spiro atoms. The van der Waals surface area contributed by atoms with Crippen molar-refractivity contribution in [3.63, 3.8) is 0 Å². The Morgan fingerprint density at radius 2 is 1.60 bits per heavy atom. The van der Waals surface area contributed by atoms with Crippen LogP contribution in [0.15, 0.2) is 57.6 Å². The Hall–Kier alpha value is -4.44. The van der Waals surface area contributed by atoms with Crippen molar-refractivity contribution in [3.8, 4) is 40.0 Å². The third-order valence-electron chi connectivity index (χ3n) is 7.33. The van der Waals surface area contributed by atoms with Crippen LogP contribution in [-0.2, 0) is 11.0 Å². The molecule has 0 amide bonds. The lowest BCUT2D eigenvalue weighted by Gasteiger charge is -2.35. The summed E-state index contributed by atoms with van der Waals surface area (Å²) in [6.07, 6.45) is -4.83. The number of ether oxygens (including phenoxy) is 1. The molecule has 2 aliphatic rings. The molecule has 2 unspecified atom stereocenters. The molecule has 0 bridgehead atoms. The topological polar surface area (TPSA) is 144 Å². The molecular weight excluding hydrogens is 614 g/mol. The van der Waals surface area contributed by atoms with Crippen molar-refractivity contribution < 1.29 is 55.1 Å². The van der Waals surface area contributed by atoms with E-state index in [2.05, 4.69) is 20.6 Å². The van der Waals surface area contributed by atoms with E-state index in [1.165, 1.54) is 31.4 Å². The van der Waals surface area contributed by atoms with Gasteiger partial charge in [0.2, 0.25) is 11.6 Å². The summed E-state index contributed by atoms with van der Waals surface area (Å²) in [6.45, 7) is 0.293. The number of aliphatic hydroxyl groups is 1. The number of carboxylic acids is 1. The molecule has 1 aliphatic carbocycles. The van der Waals surface area contributed by atoms with Gasteiger partial charge in [0.1, 0.15) is 29.7 Å². The first kappa shape index (κ1) is 32.0. The molecular formula is C29H26F6N4O6. The lowest BCUT2D eigenvalue weighted by molar-refractivity contribution is -0.192. The number of benzene rings is 2. The smallest absolute Gasteiger partial charge is 0.490 e. The summed E-state index contributed by atoms with van der Waals surface area (Å²) in [4.78, 5) is 13.0. The van der Waals surface area contributed by atoms with Crippen molar-refractivity contribution in [2.45, 2.75) is 62.6 Å². The molecule has 240 valence electrons. The third-order valence-corrected chi connectivity index (χ3v) is 7.33. The molecule has 0 saturated heterocycles. The summed E-state index contributed by atoms with van der Waals surface area (Å²) in [5, 5.41) is 29.1. The average Bonchev–Trinajstić information content (AvgIpc) is 3.68. The summed E-state index contributed by atoms with van der Waals surface area (Å²) in [5.41, 5.74) is -0.121. The van der Waals surface area contributed by atoms with E-state index in [1.54, 1.807) is 36.4 Å². The highest BCUT2D eigenvalue weighted by Gasteiger charge is 2.43. The lowest BCUT2D eigenvalue weighted by atomic mass is 9.92. The highest BCUT2D eigenvalue weighted by atomic mass is 19.4. The van der Waals surface area contributed by atoms with E-state index in [-0.39, 0.29) is 23.1 Å². The molecule has 3 N–H and O–H groups in total. The fourth-order valence-corrected chi connectivity index (χ4v) is 5.17. The van der Waals surface area contributed by atoms with Gasteiger partial charge in [-0.3, -0.25) is 0 Å². The van der Waals surface area contributed by atoms with Gasteiger partial charge in [-0.05, 0) is 18.9 Å². The zero-order chi connectivity index (χ0) is 32.4. The Morgan fingerprint density at radius 3 is 2.24 bits per heavy atom. The van der Waals surface area contributed by atoms with Gasteiger partial charge in [-0.1, -0.05) is 72.0 Å². The standard InChI is InChI=1S/C27H25F3N4O4.C2HF3O2/c28-27(29,30)21-22(15-7-3-1-4-8-15)33-37-24(21)26-32-25(34-38-26)16-11-12-18-20(13-16)36-14-19(23(18)35)31-17-9-5-2-6-10-17;3-2(4,5)1(6)7/h1,3-4,7-8,11-13,17,19,23,31,35H,2,5-6,9-10,14H2;(H,6,7). The van der Waals surface area contributed by atoms with Crippen LogP contribution < -0.4 is 10.1 Å². The first-order valence-corrected chi connectivity index (χ1v) is 13.8. The Morgan fingerprint density at radius 1 is 0.911 bits per heavy atom. The van der Waals surface area contributed by atoms with Gasteiger partial charge in [0.25, 0.3) is 5.89 Å². The van der Waals surface area contributed by atoms with E-state index >= 15 is 0 Å². The van der Waals surface area contributed by atoms with Crippen LogP contribution in [0, 0.1) is 0 Å². The fraction of sp³-hybridized carbons (Fsp3) is 0.379. The molecule has 1 fully saturated rings. The number of aromatic nitrogens is 3. The maximum Gasteiger partial charge on any atom is 0.490 e. The molecule has 1 saturated carbocycles. The minimum Gasteiger partial charge on any atom is -0.491 e. The molecule has 2 atom stereocenters. The number of carboxylic acid groups (broad SMARTS) is 1. The van der Waals surface area contributed by atoms with Gasteiger partial charge >= 0.3 is 18.3 Å². The summed E-state index contributed by atoms with van der Waals surface area (Å²) in [6, 6.07) is 13.1. The molecule has 1 aliphatic heterocycles. The summed E-state index contributed by atoms with van der Waals surface area (Å²) in [7, 11) is 0. The zero-order valence-corrected chi connectivity index (χ0v) is 23.2. The second-order valence-corrected chi connectivity index (χ2v) is 10.4. The van der Waals surface area contributed by atoms with Crippen molar-refractivity contribution in [1.82, 2.24) is 20.6 Å². The monoisotopic (exact) mass is 640 g/mol. The van der Waals surface area contributed by atoms with Gasteiger partial charge in [-0.2, -0.15) is 31.3 Å². The Balaban J connectivity index is 0.000000515. The highest BCUT2D eigenvalue weighted by molar-refractivity contribution is 5.73. The van der Waals surface area contributed by atoms with Gasteiger partial charge < -0.3 is 29.3 Å². The predicted octanol–water partition coefficient (Wildman–Crippen LogP) is 6.43. The van der Waals surface area contributed by atoms with Crippen LogP contribution in [0.3, 0.4) is 0 Å². The lowest BCUT2D eigenvalue weighted by Crippen LogP contribution is -2.48. The predicted molar refractivity (Wildman–Crippen MR) is 144 cm³/mol. The number of carbonyl (C=O) groups is 1. The third kappa shape index (κ3) is 7.28. The van der Waals surface area contributed by atoms with Crippen LogP contribution in [0.1, 0.15) is 49.3 Å². The fourth-order valence-electron chi connectivity index (χ4n) is 5.17. The van der Waals surface area contributed by atoms with Gasteiger partial charge in [0, 0.05) is 22.7 Å². The molecule has 10 nitrogen and oxygen atoms in total. The number of fused-ring (bicyclic) bond motifs is 1. The Kier molecular flexibility index (Phi) is 9.16. The number of hydrogen-bond donors (Lipinski definition) is 3. The first-order chi connectivity index (χ1) is 21.3. The molecule has 6 rings (SSSR count). The summed E-state index contributed by atoms with van der Waals surface area (Å²) in [5.74, 6) is -3.35. The van der Waals surface area contributed by atoms with Crippen LogP contribution in [0.5, 0.6) is 5.75 Å². The van der Waals surface area contributed by atoms with E-state index < -0.39 is 41.6 Å². The van der Waals surface area contributed by atoms with Crippen molar-refractivity contribution in [2.24, 2.45) is 0 Å². The van der Waals surface area contributed by atoms with Crippen molar-refractivity contribution in [2.75, 3.05) is 6.61 Å². The number of alkyl halides is 6. The largest absolute Gasteiger partial charge is 0.491 e. The van der Waals surface area contributed by atoms with Crippen molar-refractivity contribution in [3.05, 3.63) is 59.7 Å². The summed E-state index contributed by atoms with van der Waals surface area (Å²) >= 11 is 0. The number of nitrogens with one attached hydrogen (secondary N) is 1. The normalized spacial score (nSPS) is 18.8. The molecule has 45 heavy (non-hydrogen) atoms. The van der Waals surface area contributed by atoms with Crippen LogP contribution in [-0.4, -0.2) is 56.3 Å². The molecule has 0 radical (unpaired) electrons. The van der Waals surface area contributed by atoms with Crippen LogP contribution in [0.25, 0.3) is 34.3 Å². The Bertz CT molecular complexity index is 1620. The zero-order valence-electron chi connectivity index (χ0n) is 23.2. The molecule has 3 heterocycles. The van der Waals surface area contributed by atoms with Crippen molar-refractivity contribution >= 4 is 5.97 Å². The van der Waals surface area contributed by atoms with E-state index in [4.69, 9.17) is 23.7 Å². The number of aliphatic carboxylic acids is 1. The number of aliphatic hydroxyl groups excluding tert-OH is 1. The maximum atomic E-state index is 14.0. The van der Waals surface area contributed by atoms with Gasteiger partial charge in [0.15, 0.2) is 0 Å². The Labute approximate surface area is 251 Å². The highest BCUT2D eigenvalue weighted by Crippen LogP contribution is 2.43. The van der Waals surface area contributed by atoms with E-state index in [1.807, 2.05) is 0 Å². The van der Waals surface area contributed by atoms with E-state index in [0.29, 0.717) is 29.5 Å². The second-order valence-electron chi connectivity index (χ2n) is 10.4. The van der Waals surface area contributed by atoms with Crippen LogP contribution in [0.2, 0.25) is 0 Å². The molecule has 2 aromatic heterocycles. The first-order valence-electron chi connectivity index (χ1n) is 13.8. The number of hydrogen-bond acceptors (Lipinski definition) is 9. The molecule has 2 aromatic carbocycles. The number of rotatable bonds is 5. The average molecular weight is 641 g/mol. The van der Waals surface area contributed by atoms with Crippen molar-refractivity contribution in [1.29, 1.82) is 0 Å².